The monoisotopic (exact) mass is 235 g/mol. The van der Waals surface area contributed by atoms with Crippen LogP contribution in [0, 0.1) is 0 Å². The normalized spacial score (nSPS) is 13.4. The number of hydrogen-bond donors (Lipinski definition) is 2. The van der Waals surface area contributed by atoms with E-state index in [0.29, 0.717) is 23.7 Å². The highest BCUT2D eigenvalue weighted by molar-refractivity contribution is 5.76. The second-order valence-electron chi connectivity index (χ2n) is 4.28. The lowest BCUT2D eigenvalue weighted by Gasteiger charge is -2.20. The van der Waals surface area contributed by atoms with Crippen LogP contribution in [0.2, 0.25) is 0 Å². The molecule has 1 heterocycles. The van der Waals surface area contributed by atoms with E-state index in [1.165, 1.54) is 0 Å². The Labute approximate surface area is 99.8 Å². The summed E-state index contributed by atoms with van der Waals surface area (Å²) in [5, 5.41) is 9.05. The fourth-order valence-electron chi connectivity index (χ4n) is 1.57. The summed E-state index contributed by atoms with van der Waals surface area (Å²) in [6, 6.07) is 5.48. The lowest BCUT2D eigenvalue weighted by atomic mass is 10.3. The maximum absolute atomic E-state index is 9.05. The van der Waals surface area contributed by atoms with Gasteiger partial charge >= 0.3 is 0 Å². The number of aliphatic hydroxyl groups is 1. The standard InChI is InChI=1S/C12H17N3O2/c1-8(7-16)15(2)6-12-14-10-4-3-9(13)5-11(10)17-12/h3-5,8,16H,6-7,13H2,1-2H3. The summed E-state index contributed by atoms with van der Waals surface area (Å²) in [4.78, 5) is 6.35. The highest BCUT2D eigenvalue weighted by Gasteiger charge is 2.12. The molecule has 5 heteroatoms. The van der Waals surface area contributed by atoms with Gasteiger partial charge in [-0.1, -0.05) is 0 Å². The third kappa shape index (κ3) is 2.57. The van der Waals surface area contributed by atoms with Crippen LogP contribution in [0.5, 0.6) is 0 Å². The SMILES string of the molecule is CC(CO)N(C)Cc1nc2ccc(N)cc2o1. The second-order valence-corrected chi connectivity index (χ2v) is 4.28. The average Bonchev–Trinajstić information content (AvgIpc) is 2.69. The summed E-state index contributed by atoms with van der Waals surface area (Å²) in [6.07, 6.45) is 0. The van der Waals surface area contributed by atoms with Crippen LogP contribution in [0.25, 0.3) is 11.1 Å². The molecule has 1 aromatic heterocycles. The van der Waals surface area contributed by atoms with E-state index in [-0.39, 0.29) is 12.6 Å². The second kappa shape index (κ2) is 4.73. The van der Waals surface area contributed by atoms with Crippen molar-refractivity contribution in [3.05, 3.63) is 24.1 Å². The van der Waals surface area contributed by atoms with Crippen molar-refractivity contribution in [1.82, 2.24) is 9.88 Å². The number of hydrogen-bond acceptors (Lipinski definition) is 5. The first-order valence-corrected chi connectivity index (χ1v) is 5.56. The van der Waals surface area contributed by atoms with Gasteiger partial charge in [0, 0.05) is 17.8 Å². The molecule has 1 atom stereocenters. The first-order valence-electron chi connectivity index (χ1n) is 5.56. The van der Waals surface area contributed by atoms with Gasteiger partial charge in [0.15, 0.2) is 5.58 Å². The zero-order valence-electron chi connectivity index (χ0n) is 10.1. The molecule has 0 saturated heterocycles. The number of nitrogen functional groups attached to an aromatic ring is 1. The van der Waals surface area contributed by atoms with Gasteiger partial charge in [0.2, 0.25) is 5.89 Å². The summed E-state index contributed by atoms with van der Waals surface area (Å²) in [7, 11) is 1.92. The first-order chi connectivity index (χ1) is 8.10. The summed E-state index contributed by atoms with van der Waals surface area (Å²) in [5.74, 6) is 0.633. The van der Waals surface area contributed by atoms with Crippen LogP contribution in [0.3, 0.4) is 0 Å². The fraction of sp³-hybridized carbons (Fsp3) is 0.417. The number of nitrogens with zero attached hydrogens (tertiary/aromatic N) is 2. The molecule has 0 aliphatic heterocycles. The van der Waals surface area contributed by atoms with Gasteiger partial charge in [0.05, 0.1) is 13.2 Å². The predicted molar refractivity (Wildman–Crippen MR) is 66.4 cm³/mol. The molecule has 17 heavy (non-hydrogen) atoms. The van der Waals surface area contributed by atoms with Gasteiger partial charge in [-0.15, -0.1) is 0 Å². The van der Waals surface area contributed by atoms with Crippen molar-refractivity contribution in [3.63, 3.8) is 0 Å². The van der Waals surface area contributed by atoms with Crippen molar-refractivity contribution >= 4 is 16.8 Å². The minimum Gasteiger partial charge on any atom is -0.439 e. The van der Waals surface area contributed by atoms with E-state index in [1.54, 1.807) is 12.1 Å². The Kier molecular flexibility index (Phi) is 3.31. The molecule has 0 bridgehead atoms. The number of fused-ring (bicyclic) bond motifs is 1. The Morgan fingerprint density at radius 1 is 1.53 bits per heavy atom. The van der Waals surface area contributed by atoms with Gasteiger partial charge in [0.25, 0.3) is 0 Å². The maximum atomic E-state index is 9.05. The molecule has 0 aliphatic rings. The summed E-state index contributed by atoms with van der Waals surface area (Å²) in [5.41, 5.74) is 7.84. The smallest absolute Gasteiger partial charge is 0.209 e. The Balaban J connectivity index is 2.19. The molecule has 5 nitrogen and oxygen atoms in total. The minimum absolute atomic E-state index is 0.0788. The number of benzene rings is 1. The number of rotatable bonds is 4. The average molecular weight is 235 g/mol. The first kappa shape index (κ1) is 11.9. The van der Waals surface area contributed by atoms with E-state index in [4.69, 9.17) is 15.3 Å². The van der Waals surface area contributed by atoms with Crippen LogP contribution in [0.15, 0.2) is 22.6 Å². The highest BCUT2D eigenvalue weighted by Crippen LogP contribution is 2.19. The van der Waals surface area contributed by atoms with Crippen LogP contribution in [0.4, 0.5) is 5.69 Å². The Morgan fingerprint density at radius 3 is 3.00 bits per heavy atom. The van der Waals surface area contributed by atoms with Crippen LogP contribution >= 0.6 is 0 Å². The summed E-state index contributed by atoms with van der Waals surface area (Å²) < 4.78 is 5.60. The molecule has 3 N–H and O–H groups in total. The maximum Gasteiger partial charge on any atom is 0.209 e. The summed E-state index contributed by atoms with van der Waals surface area (Å²) >= 11 is 0. The zero-order valence-corrected chi connectivity index (χ0v) is 10.1. The van der Waals surface area contributed by atoms with Gasteiger partial charge in [-0.05, 0) is 26.1 Å². The molecule has 2 rings (SSSR count). The molecular weight excluding hydrogens is 218 g/mol. The van der Waals surface area contributed by atoms with Crippen molar-refractivity contribution < 1.29 is 9.52 Å². The van der Waals surface area contributed by atoms with Crippen LogP contribution in [-0.4, -0.2) is 34.7 Å². The van der Waals surface area contributed by atoms with Crippen molar-refractivity contribution in [2.45, 2.75) is 19.5 Å². The highest BCUT2D eigenvalue weighted by atomic mass is 16.3. The van der Waals surface area contributed by atoms with Gasteiger partial charge in [0.1, 0.15) is 5.52 Å². The number of anilines is 1. The third-order valence-electron chi connectivity index (χ3n) is 2.86. The largest absolute Gasteiger partial charge is 0.439 e. The number of aromatic nitrogens is 1. The molecule has 0 amide bonds. The van der Waals surface area contributed by atoms with E-state index < -0.39 is 0 Å². The Morgan fingerprint density at radius 2 is 2.29 bits per heavy atom. The number of aliphatic hydroxyl groups excluding tert-OH is 1. The molecule has 0 radical (unpaired) electrons. The Hall–Kier alpha value is -1.59. The topological polar surface area (TPSA) is 75.5 Å². The number of nitrogens with two attached hydrogens (primary N) is 1. The van der Waals surface area contributed by atoms with E-state index >= 15 is 0 Å². The van der Waals surface area contributed by atoms with Crippen molar-refractivity contribution in [1.29, 1.82) is 0 Å². The molecule has 0 saturated carbocycles. The molecule has 0 spiro atoms. The van der Waals surface area contributed by atoms with E-state index in [2.05, 4.69) is 4.98 Å². The van der Waals surface area contributed by atoms with Gasteiger partial charge < -0.3 is 15.3 Å². The number of oxazole rings is 1. The van der Waals surface area contributed by atoms with Crippen molar-refractivity contribution in [2.24, 2.45) is 0 Å². The predicted octanol–water partition coefficient (Wildman–Crippen LogP) is 1.22. The molecule has 2 aromatic rings. The lowest BCUT2D eigenvalue weighted by molar-refractivity contribution is 0.145. The fourth-order valence-corrected chi connectivity index (χ4v) is 1.57. The van der Waals surface area contributed by atoms with Crippen LogP contribution in [0.1, 0.15) is 12.8 Å². The molecule has 1 unspecified atom stereocenters. The molecule has 92 valence electrons. The zero-order chi connectivity index (χ0) is 12.4. The van der Waals surface area contributed by atoms with Gasteiger partial charge in [-0.3, -0.25) is 4.90 Å². The van der Waals surface area contributed by atoms with Crippen molar-refractivity contribution in [2.75, 3.05) is 19.4 Å². The van der Waals surface area contributed by atoms with E-state index in [1.807, 2.05) is 24.9 Å². The summed E-state index contributed by atoms with van der Waals surface area (Å²) in [6.45, 7) is 2.63. The quantitative estimate of drug-likeness (QED) is 0.779. The van der Waals surface area contributed by atoms with Crippen LogP contribution < -0.4 is 5.73 Å². The Bertz CT molecular complexity index is 509. The van der Waals surface area contributed by atoms with E-state index in [9.17, 15) is 0 Å². The minimum atomic E-state index is 0.0788. The number of likely N-dealkylation sites (N-methyl/N-ethyl adjacent to an activating group) is 1. The van der Waals surface area contributed by atoms with Crippen molar-refractivity contribution in [3.8, 4) is 0 Å². The molecule has 1 aromatic carbocycles. The van der Waals surface area contributed by atoms with Gasteiger partial charge in [-0.2, -0.15) is 0 Å². The third-order valence-corrected chi connectivity index (χ3v) is 2.86. The van der Waals surface area contributed by atoms with Crippen LogP contribution in [-0.2, 0) is 6.54 Å². The molecular formula is C12H17N3O2. The molecule has 0 fully saturated rings. The molecule has 0 aliphatic carbocycles. The van der Waals surface area contributed by atoms with E-state index in [0.717, 1.165) is 5.52 Å². The van der Waals surface area contributed by atoms with Gasteiger partial charge in [-0.25, -0.2) is 4.98 Å². The lowest BCUT2D eigenvalue weighted by Crippen LogP contribution is -2.31.